The van der Waals surface area contributed by atoms with Crippen molar-refractivity contribution in [2.75, 3.05) is 14.2 Å². The van der Waals surface area contributed by atoms with Crippen LogP contribution in [0.1, 0.15) is 5.56 Å². The molecule has 0 saturated heterocycles. The number of carboxylic acid groups (broad SMARTS) is 1. The molecule has 0 saturated carbocycles. The fourth-order valence-electron chi connectivity index (χ4n) is 1.49. The van der Waals surface area contributed by atoms with E-state index >= 15 is 0 Å². The topological polar surface area (TPSA) is 99.8 Å². The fraction of sp³-hybridized carbons (Fsp3) is 0.333. The Kier molecular flexibility index (Phi) is 4.38. The van der Waals surface area contributed by atoms with Gasteiger partial charge in [-0.3, -0.25) is 4.79 Å². The van der Waals surface area contributed by atoms with Gasteiger partial charge in [0.25, 0.3) is 0 Å². The molecule has 1 atom stereocenters. The molecule has 6 heteroatoms. The maximum atomic E-state index is 10.8. The van der Waals surface area contributed by atoms with Crippen LogP contribution >= 0.6 is 0 Å². The molecule has 18 heavy (non-hydrogen) atoms. The van der Waals surface area contributed by atoms with Crippen LogP contribution in [0, 0.1) is 17.2 Å². The smallest absolute Gasteiger partial charge is 0.321 e. The van der Waals surface area contributed by atoms with E-state index in [-0.39, 0.29) is 23.7 Å². The molecule has 0 amide bonds. The number of phenols is 1. The van der Waals surface area contributed by atoms with Crippen molar-refractivity contribution in [3.8, 4) is 23.3 Å². The number of hydrogen-bond acceptors (Lipinski definition) is 5. The van der Waals surface area contributed by atoms with Gasteiger partial charge in [-0.2, -0.15) is 5.26 Å². The quantitative estimate of drug-likeness (QED) is 0.815. The first-order valence-corrected chi connectivity index (χ1v) is 5.09. The normalized spacial score (nSPS) is 11.4. The number of benzene rings is 1. The van der Waals surface area contributed by atoms with Crippen molar-refractivity contribution in [1.82, 2.24) is 0 Å². The molecule has 0 heterocycles. The molecule has 1 aromatic carbocycles. The lowest BCUT2D eigenvalue weighted by Gasteiger charge is -2.11. The number of methoxy groups -OCH3 is 2. The number of nitriles is 1. The van der Waals surface area contributed by atoms with Gasteiger partial charge in [0.15, 0.2) is 11.5 Å². The first kappa shape index (κ1) is 13.6. The number of hydrogen-bond donors (Lipinski definition) is 2. The third-order valence-corrected chi connectivity index (χ3v) is 2.43. The van der Waals surface area contributed by atoms with E-state index in [9.17, 15) is 9.90 Å². The monoisotopic (exact) mass is 251 g/mol. The minimum Gasteiger partial charge on any atom is -0.502 e. The molecule has 0 spiro atoms. The molecule has 0 aliphatic heterocycles. The average Bonchev–Trinajstić information content (AvgIpc) is 2.36. The van der Waals surface area contributed by atoms with Crippen molar-refractivity contribution in [2.24, 2.45) is 5.92 Å². The highest BCUT2D eigenvalue weighted by Crippen LogP contribution is 2.37. The van der Waals surface area contributed by atoms with Crippen molar-refractivity contribution >= 4 is 5.97 Å². The number of ether oxygens (including phenoxy) is 2. The number of phenolic OH excluding ortho intramolecular Hbond substituents is 1. The fourth-order valence-corrected chi connectivity index (χ4v) is 1.49. The van der Waals surface area contributed by atoms with Gasteiger partial charge in [0.1, 0.15) is 5.92 Å². The van der Waals surface area contributed by atoms with E-state index in [4.69, 9.17) is 19.8 Å². The molecule has 0 aromatic heterocycles. The van der Waals surface area contributed by atoms with Crippen LogP contribution in [-0.4, -0.2) is 30.4 Å². The minimum absolute atomic E-state index is 0.0127. The third-order valence-electron chi connectivity index (χ3n) is 2.43. The van der Waals surface area contributed by atoms with Gasteiger partial charge in [0.2, 0.25) is 5.75 Å². The van der Waals surface area contributed by atoms with Gasteiger partial charge in [0, 0.05) is 0 Å². The molecule has 0 fully saturated rings. The van der Waals surface area contributed by atoms with E-state index in [1.54, 1.807) is 6.07 Å². The molecule has 0 aliphatic rings. The van der Waals surface area contributed by atoms with Crippen molar-refractivity contribution in [1.29, 1.82) is 5.26 Å². The van der Waals surface area contributed by atoms with Gasteiger partial charge < -0.3 is 19.7 Å². The van der Waals surface area contributed by atoms with E-state index in [0.717, 1.165) is 0 Å². The predicted octanol–water partition coefficient (Wildman–Crippen LogP) is 1.18. The van der Waals surface area contributed by atoms with E-state index in [0.29, 0.717) is 5.56 Å². The van der Waals surface area contributed by atoms with E-state index in [1.165, 1.54) is 26.4 Å². The minimum atomic E-state index is -1.19. The van der Waals surface area contributed by atoms with E-state index in [2.05, 4.69) is 0 Å². The molecular formula is C12H13NO5. The van der Waals surface area contributed by atoms with Crippen LogP contribution in [0.15, 0.2) is 12.1 Å². The Morgan fingerprint density at radius 2 is 1.89 bits per heavy atom. The number of nitrogens with zero attached hydrogens (tertiary/aromatic N) is 1. The zero-order valence-electron chi connectivity index (χ0n) is 10.0. The van der Waals surface area contributed by atoms with Gasteiger partial charge in [-0.15, -0.1) is 0 Å². The van der Waals surface area contributed by atoms with Gasteiger partial charge >= 0.3 is 5.97 Å². The third kappa shape index (κ3) is 2.83. The summed E-state index contributed by atoms with van der Waals surface area (Å²) in [5.41, 5.74) is 0.537. The largest absolute Gasteiger partial charge is 0.502 e. The van der Waals surface area contributed by atoms with Crippen molar-refractivity contribution < 1.29 is 24.5 Å². The van der Waals surface area contributed by atoms with Crippen molar-refractivity contribution in [2.45, 2.75) is 6.42 Å². The zero-order chi connectivity index (χ0) is 13.7. The van der Waals surface area contributed by atoms with Crippen LogP contribution in [-0.2, 0) is 11.2 Å². The van der Waals surface area contributed by atoms with Gasteiger partial charge in [0.05, 0.1) is 20.3 Å². The summed E-state index contributed by atoms with van der Waals surface area (Å²) in [4.78, 5) is 10.8. The molecule has 96 valence electrons. The first-order valence-electron chi connectivity index (χ1n) is 5.09. The van der Waals surface area contributed by atoms with Crippen LogP contribution in [0.2, 0.25) is 0 Å². The number of rotatable bonds is 5. The summed E-state index contributed by atoms with van der Waals surface area (Å²) in [6.45, 7) is 0. The average molecular weight is 251 g/mol. The molecular weight excluding hydrogens is 238 g/mol. The highest BCUT2D eigenvalue weighted by atomic mass is 16.5. The second-order valence-electron chi connectivity index (χ2n) is 3.57. The molecule has 1 aromatic rings. The summed E-state index contributed by atoms with van der Waals surface area (Å²) < 4.78 is 9.89. The first-order chi connectivity index (χ1) is 8.53. The van der Waals surface area contributed by atoms with Crippen LogP contribution in [0.5, 0.6) is 17.2 Å². The maximum Gasteiger partial charge on any atom is 0.321 e. The molecule has 1 rings (SSSR count). The predicted molar refractivity (Wildman–Crippen MR) is 61.7 cm³/mol. The van der Waals surface area contributed by atoms with E-state index < -0.39 is 11.9 Å². The standard InChI is InChI=1S/C12H13NO5/c1-17-9-4-7(3-8(6-13)12(15)16)5-10(18-2)11(9)14/h4-5,8,14H,3H2,1-2H3,(H,15,16). The summed E-state index contributed by atoms with van der Waals surface area (Å²) in [6, 6.07) is 4.65. The van der Waals surface area contributed by atoms with Crippen molar-refractivity contribution in [3.63, 3.8) is 0 Å². The maximum absolute atomic E-state index is 10.8. The Labute approximate surface area is 104 Å². The SMILES string of the molecule is COc1cc(CC(C#N)C(=O)O)cc(OC)c1O. The Balaban J connectivity index is 3.11. The summed E-state index contributed by atoms with van der Waals surface area (Å²) in [6.07, 6.45) is 0.0127. The molecule has 1 unspecified atom stereocenters. The molecule has 0 aliphatic carbocycles. The highest BCUT2D eigenvalue weighted by Gasteiger charge is 2.19. The van der Waals surface area contributed by atoms with Crippen LogP contribution < -0.4 is 9.47 Å². The van der Waals surface area contributed by atoms with Gasteiger partial charge in [-0.1, -0.05) is 0 Å². The van der Waals surface area contributed by atoms with Gasteiger partial charge in [-0.05, 0) is 24.1 Å². The van der Waals surface area contributed by atoms with E-state index in [1.807, 2.05) is 0 Å². The Morgan fingerprint density at radius 3 is 2.22 bits per heavy atom. The Bertz CT molecular complexity index is 467. The number of carbonyl (C=O) groups is 1. The van der Waals surface area contributed by atoms with Crippen molar-refractivity contribution in [3.05, 3.63) is 17.7 Å². The second kappa shape index (κ2) is 5.77. The van der Waals surface area contributed by atoms with Gasteiger partial charge in [-0.25, -0.2) is 0 Å². The number of carboxylic acids is 1. The Hall–Kier alpha value is -2.42. The Morgan fingerprint density at radius 1 is 1.39 bits per heavy atom. The summed E-state index contributed by atoms with van der Waals surface area (Å²) in [5.74, 6) is -2.15. The van der Waals surface area contributed by atoms with Crippen LogP contribution in [0.4, 0.5) is 0 Å². The molecule has 6 nitrogen and oxygen atoms in total. The summed E-state index contributed by atoms with van der Waals surface area (Å²) >= 11 is 0. The lowest BCUT2D eigenvalue weighted by molar-refractivity contribution is -0.139. The zero-order valence-corrected chi connectivity index (χ0v) is 10.0. The van der Waals surface area contributed by atoms with Crippen LogP contribution in [0.3, 0.4) is 0 Å². The summed E-state index contributed by atoms with van der Waals surface area (Å²) in [7, 11) is 2.74. The molecule has 0 radical (unpaired) electrons. The lowest BCUT2D eigenvalue weighted by atomic mass is 10.00. The number of aliphatic carboxylic acids is 1. The molecule has 0 bridgehead atoms. The second-order valence-corrected chi connectivity index (χ2v) is 3.57. The number of aromatic hydroxyl groups is 1. The highest BCUT2D eigenvalue weighted by molar-refractivity contribution is 5.73. The lowest BCUT2D eigenvalue weighted by Crippen LogP contribution is -2.14. The summed E-state index contributed by atoms with van der Waals surface area (Å²) in [5, 5.41) is 27.2. The van der Waals surface area contributed by atoms with Crippen LogP contribution in [0.25, 0.3) is 0 Å². The molecule has 2 N–H and O–H groups in total.